The van der Waals surface area contributed by atoms with Gasteiger partial charge >= 0.3 is 0 Å². The van der Waals surface area contributed by atoms with Crippen molar-refractivity contribution in [2.45, 2.75) is 50.5 Å². The Balaban J connectivity index is 1.41. The molecular formula is C27H30O6. The van der Waals surface area contributed by atoms with Crippen LogP contribution in [0.25, 0.3) is 0 Å². The third-order valence-electron chi connectivity index (χ3n) is 5.60. The zero-order valence-electron chi connectivity index (χ0n) is 18.4. The first-order valence-corrected chi connectivity index (χ1v) is 11.1. The molecule has 3 aromatic rings. The number of hydrogen-bond donors (Lipinski definition) is 2. The standard InChI is InChI=1S/C27H30O6/c28-24-23(19-30-16-20-10-4-1-5-11-20)33-27(29)26(32-18-22-14-8-3-9-15-22)25(24)31-17-21-12-6-2-7-13-21/h1-15,23-29H,16-19H2. The van der Waals surface area contributed by atoms with Gasteiger partial charge in [0, 0.05) is 0 Å². The fourth-order valence-corrected chi connectivity index (χ4v) is 3.81. The molecule has 2 N–H and O–H groups in total. The lowest BCUT2D eigenvalue weighted by atomic mass is 9.98. The highest BCUT2D eigenvalue weighted by atomic mass is 16.7. The molecule has 1 fully saturated rings. The van der Waals surface area contributed by atoms with Crippen molar-refractivity contribution in [1.29, 1.82) is 0 Å². The Labute approximate surface area is 194 Å². The van der Waals surface area contributed by atoms with Crippen molar-refractivity contribution in [2.75, 3.05) is 6.61 Å². The summed E-state index contributed by atoms with van der Waals surface area (Å²) in [6.45, 7) is 1.04. The van der Waals surface area contributed by atoms with Gasteiger partial charge in [0.15, 0.2) is 6.29 Å². The minimum Gasteiger partial charge on any atom is -0.387 e. The maximum Gasteiger partial charge on any atom is 0.184 e. The maximum absolute atomic E-state index is 11.1. The Morgan fingerprint density at radius 3 is 1.58 bits per heavy atom. The average molecular weight is 451 g/mol. The summed E-state index contributed by atoms with van der Waals surface area (Å²) >= 11 is 0. The Morgan fingerprint density at radius 2 is 1.06 bits per heavy atom. The van der Waals surface area contributed by atoms with Crippen LogP contribution < -0.4 is 0 Å². The van der Waals surface area contributed by atoms with E-state index in [4.69, 9.17) is 18.9 Å². The summed E-state index contributed by atoms with van der Waals surface area (Å²) in [4.78, 5) is 0. The number of benzene rings is 3. The van der Waals surface area contributed by atoms with Gasteiger partial charge in [-0.3, -0.25) is 0 Å². The summed E-state index contributed by atoms with van der Waals surface area (Å²) in [7, 11) is 0. The number of aliphatic hydroxyl groups is 2. The van der Waals surface area contributed by atoms with Gasteiger partial charge < -0.3 is 29.2 Å². The van der Waals surface area contributed by atoms with E-state index in [9.17, 15) is 10.2 Å². The predicted molar refractivity (Wildman–Crippen MR) is 123 cm³/mol. The van der Waals surface area contributed by atoms with Crippen molar-refractivity contribution in [2.24, 2.45) is 0 Å². The van der Waals surface area contributed by atoms with Gasteiger partial charge in [-0.1, -0.05) is 91.0 Å². The second-order valence-electron chi connectivity index (χ2n) is 8.08. The summed E-state index contributed by atoms with van der Waals surface area (Å²) in [5.41, 5.74) is 2.93. The van der Waals surface area contributed by atoms with Crippen LogP contribution >= 0.6 is 0 Å². The number of rotatable bonds is 10. The van der Waals surface area contributed by atoms with Crippen molar-refractivity contribution < 1.29 is 29.2 Å². The Bertz CT molecular complexity index is 937. The molecule has 5 atom stereocenters. The normalized spacial score (nSPS) is 25.1. The van der Waals surface area contributed by atoms with Crippen molar-refractivity contribution in [3.8, 4) is 0 Å². The van der Waals surface area contributed by atoms with Crippen LogP contribution in [-0.4, -0.2) is 47.5 Å². The lowest BCUT2D eigenvalue weighted by Gasteiger charge is -2.42. The molecule has 0 bridgehead atoms. The predicted octanol–water partition coefficient (Wildman–Crippen LogP) is 3.45. The number of ether oxygens (including phenoxy) is 4. The molecule has 4 rings (SSSR count). The maximum atomic E-state index is 11.1. The molecular weight excluding hydrogens is 420 g/mol. The molecule has 1 aliphatic rings. The van der Waals surface area contributed by atoms with Crippen LogP contribution in [0.2, 0.25) is 0 Å². The quantitative estimate of drug-likeness (QED) is 0.493. The molecule has 33 heavy (non-hydrogen) atoms. The molecule has 6 nitrogen and oxygen atoms in total. The van der Waals surface area contributed by atoms with Gasteiger partial charge in [0.1, 0.15) is 24.4 Å². The SMILES string of the molecule is OC1OC(COCc2ccccc2)C(O)C(OCc2ccccc2)C1OCc1ccccc1. The van der Waals surface area contributed by atoms with E-state index in [-0.39, 0.29) is 19.8 Å². The second-order valence-corrected chi connectivity index (χ2v) is 8.08. The van der Waals surface area contributed by atoms with Gasteiger partial charge in [-0.05, 0) is 16.7 Å². The van der Waals surface area contributed by atoms with E-state index in [0.29, 0.717) is 6.61 Å². The lowest BCUT2D eigenvalue weighted by molar-refractivity contribution is -0.309. The monoisotopic (exact) mass is 450 g/mol. The molecule has 1 saturated heterocycles. The molecule has 0 spiro atoms. The van der Waals surface area contributed by atoms with Gasteiger partial charge in [-0.2, -0.15) is 0 Å². The lowest BCUT2D eigenvalue weighted by Crippen LogP contribution is -2.60. The molecule has 1 heterocycles. The molecule has 5 unspecified atom stereocenters. The topological polar surface area (TPSA) is 77.4 Å². The molecule has 6 heteroatoms. The van der Waals surface area contributed by atoms with Crippen LogP contribution in [0.15, 0.2) is 91.0 Å². The number of aliphatic hydroxyl groups excluding tert-OH is 2. The number of hydrogen-bond acceptors (Lipinski definition) is 6. The molecule has 3 aromatic carbocycles. The van der Waals surface area contributed by atoms with E-state index in [0.717, 1.165) is 16.7 Å². The molecule has 0 saturated carbocycles. The van der Waals surface area contributed by atoms with E-state index in [1.165, 1.54) is 0 Å². The van der Waals surface area contributed by atoms with E-state index in [1.54, 1.807) is 0 Å². The molecule has 0 amide bonds. The van der Waals surface area contributed by atoms with E-state index >= 15 is 0 Å². The van der Waals surface area contributed by atoms with E-state index in [1.807, 2.05) is 91.0 Å². The summed E-state index contributed by atoms with van der Waals surface area (Å²) in [5.74, 6) is 0. The van der Waals surface area contributed by atoms with Crippen LogP contribution in [0, 0.1) is 0 Å². The summed E-state index contributed by atoms with van der Waals surface area (Å²) < 4.78 is 23.5. The second kappa shape index (κ2) is 12.0. The molecule has 174 valence electrons. The van der Waals surface area contributed by atoms with Gasteiger partial charge in [0.25, 0.3) is 0 Å². The highest BCUT2D eigenvalue weighted by molar-refractivity contribution is 5.15. The minimum atomic E-state index is -1.26. The smallest absolute Gasteiger partial charge is 0.184 e. The highest BCUT2D eigenvalue weighted by Crippen LogP contribution is 2.27. The van der Waals surface area contributed by atoms with Crippen LogP contribution in [-0.2, 0) is 38.8 Å². The van der Waals surface area contributed by atoms with Crippen LogP contribution in [0.1, 0.15) is 16.7 Å². The largest absolute Gasteiger partial charge is 0.387 e. The highest BCUT2D eigenvalue weighted by Gasteiger charge is 2.46. The molecule has 0 radical (unpaired) electrons. The summed E-state index contributed by atoms with van der Waals surface area (Å²) in [6.07, 6.45) is -4.68. The first-order valence-electron chi connectivity index (χ1n) is 11.1. The van der Waals surface area contributed by atoms with Gasteiger partial charge in [-0.25, -0.2) is 0 Å². The average Bonchev–Trinajstić information content (AvgIpc) is 2.86. The Hall–Kier alpha value is -2.58. The summed E-state index contributed by atoms with van der Waals surface area (Å²) in [5, 5.41) is 21.8. The zero-order valence-corrected chi connectivity index (χ0v) is 18.4. The van der Waals surface area contributed by atoms with Gasteiger partial charge in [0.2, 0.25) is 0 Å². The zero-order chi connectivity index (χ0) is 22.9. The van der Waals surface area contributed by atoms with E-state index < -0.39 is 30.7 Å². The van der Waals surface area contributed by atoms with Crippen molar-refractivity contribution >= 4 is 0 Å². The third kappa shape index (κ3) is 6.71. The Kier molecular flexibility index (Phi) is 8.60. The van der Waals surface area contributed by atoms with Gasteiger partial charge in [0.05, 0.1) is 26.4 Å². The van der Waals surface area contributed by atoms with Crippen molar-refractivity contribution in [1.82, 2.24) is 0 Å². The Morgan fingerprint density at radius 1 is 0.606 bits per heavy atom. The van der Waals surface area contributed by atoms with Crippen molar-refractivity contribution in [3.05, 3.63) is 108 Å². The van der Waals surface area contributed by atoms with E-state index in [2.05, 4.69) is 0 Å². The van der Waals surface area contributed by atoms with Crippen LogP contribution in [0.5, 0.6) is 0 Å². The third-order valence-corrected chi connectivity index (χ3v) is 5.60. The first kappa shape index (κ1) is 23.6. The fraction of sp³-hybridized carbons (Fsp3) is 0.333. The molecule has 0 aromatic heterocycles. The van der Waals surface area contributed by atoms with Gasteiger partial charge in [-0.15, -0.1) is 0 Å². The molecule has 1 aliphatic heterocycles. The molecule has 0 aliphatic carbocycles. The van der Waals surface area contributed by atoms with Crippen LogP contribution in [0.3, 0.4) is 0 Å². The van der Waals surface area contributed by atoms with Crippen LogP contribution in [0.4, 0.5) is 0 Å². The van der Waals surface area contributed by atoms with Crippen molar-refractivity contribution in [3.63, 3.8) is 0 Å². The first-order chi connectivity index (χ1) is 16.2. The minimum absolute atomic E-state index is 0.115. The fourth-order valence-electron chi connectivity index (χ4n) is 3.81. The summed E-state index contributed by atoms with van der Waals surface area (Å²) in [6, 6.07) is 29.1.